The summed E-state index contributed by atoms with van der Waals surface area (Å²) >= 11 is 0. The predicted molar refractivity (Wildman–Crippen MR) is 69.1 cm³/mol. The van der Waals surface area contributed by atoms with Gasteiger partial charge >= 0.3 is 0 Å². The fraction of sp³-hybridized carbons (Fsp3) is 0.769. The zero-order valence-corrected chi connectivity index (χ0v) is 10.9. The van der Waals surface area contributed by atoms with Crippen molar-refractivity contribution in [2.24, 2.45) is 0 Å². The van der Waals surface area contributed by atoms with Crippen LogP contribution in [-0.4, -0.2) is 22.8 Å². The minimum atomic E-state index is 0.396. The van der Waals surface area contributed by atoms with E-state index in [1.165, 1.54) is 0 Å². The van der Waals surface area contributed by atoms with Crippen LogP contribution in [0.1, 0.15) is 50.5 Å². The fourth-order valence-corrected chi connectivity index (χ4v) is 2.53. The van der Waals surface area contributed by atoms with Gasteiger partial charge in [0.2, 0.25) is 0 Å². The van der Waals surface area contributed by atoms with E-state index in [4.69, 9.17) is 15.5 Å². The van der Waals surface area contributed by atoms with Crippen molar-refractivity contribution in [2.45, 2.75) is 52.0 Å². The van der Waals surface area contributed by atoms with Gasteiger partial charge in [-0.15, -0.1) is 0 Å². The quantitative estimate of drug-likeness (QED) is 0.874. The molecule has 1 aromatic rings. The van der Waals surface area contributed by atoms with Crippen molar-refractivity contribution in [3.05, 3.63) is 11.5 Å². The van der Waals surface area contributed by atoms with Crippen LogP contribution >= 0.6 is 0 Å². The van der Waals surface area contributed by atoms with E-state index in [1.807, 2.05) is 0 Å². The van der Waals surface area contributed by atoms with E-state index in [0.29, 0.717) is 5.92 Å². The van der Waals surface area contributed by atoms with E-state index in [9.17, 15) is 0 Å². The fourth-order valence-electron chi connectivity index (χ4n) is 2.53. The average molecular weight is 237 g/mol. The molecule has 0 radical (unpaired) electrons. The molecular weight excluding hydrogens is 214 g/mol. The van der Waals surface area contributed by atoms with Gasteiger partial charge in [0.05, 0.1) is 12.3 Å². The summed E-state index contributed by atoms with van der Waals surface area (Å²) in [5.74, 6) is 2.37. The van der Waals surface area contributed by atoms with Gasteiger partial charge in [0.15, 0.2) is 0 Å². The Morgan fingerprint density at radius 3 is 2.88 bits per heavy atom. The first-order chi connectivity index (χ1) is 8.27. The molecule has 17 heavy (non-hydrogen) atoms. The summed E-state index contributed by atoms with van der Waals surface area (Å²) in [6.07, 6.45) is 4.30. The SMILES string of the molecule is CCCn1c(CC)nc(C2CCCOC2)c1N. The highest BCUT2D eigenvalue weighted by Crippen LogP contribution is 2.30. The molecular formula is C13H23N3O. The maximum Gasteiger partial charge on any atom is 0.127 e. The first kappa shape index (κ1) is 12.4. The first-order valence-electron chi connectivity index (χ1n) is 6.70. The Morgan fingerprint density at radius 2 is 2.29 bits per heavy atom. The molecule has 96 valence electrons. The second-order valence-corrected chi connectivity index (χ2v) is 4.72. The Balaban J connectivity index is 2.27. The van der Waals surface area contributed by atoms with Crippen molar-refractivity contribution in [1.29, 1.82) is 0 Å². The number of imidazole rings is 1. The Morgan fingerprint density at radius 1 is 1.47 bits per heavy atom. The van der Waals surface area contributed by atoms with Gasteiger partial charge < -0.3 is 15.0 Å². The monoisotopic (exact) mass is 237 g/mol. The summed E-state index contributed by atoms with van der Waals surface area (Å²) in [4.78, 5) is 4.73. The summed E-state index contributed by atoms with van der Waals surface area (Å²) in [7, 11) is 0. The van der Waals surface area contributed by atoms with Crippen LogP contribution in [0.3, 0.4) is 0 Å². The number of hydrogen-bond acceptors (Lipinski definition) is 3. The summed E-state index contributed by atoms with van der Waals surface area (Å²) < 4.78 is 7.70. The minimum Gasteiger partial charge on any atom is -0.384 e. The van der Waals surface area contributed by atoms with Crippen LogP contribution in [0.4, 0.5) is 5.82 Å². The maximum absolute atomic E-state index is 6.24. The van der Waals surface area contributed by atoms with Gasteiger partial charge in [-0.25, -0.2) is 4.98 Å². The molecule has 1 aromatic heterocycles. The molecule has 0 aromatic carbocycles. The van der Waals surface area contributed by atoms with Gasteiger partial charge in [0, 0.05) is 25.5 Å². The molecule has 0 bridgehead atoms. The highest BCUT2D eigenvalue weighted by molar-refractivity contribution is 5.41. The van der Waals surface area contributed by atoms with Crippen LogP contribution in [0.25, 0.3) is 0 Å². The molecule has 2 rings (SSSR count). The molecule has 0 aliphatic carbocycles. The number of hydrogen-bond donors (Lipinski definition) is 1. The standard InChI is InChI=1S/C13H23N3O/c1-3-7-16-11(4-2)15-12(13(16)14)10-6-5-8-17-9-10/h10H,3-9,14H2,1-2H3. The lowest BCUT2D eigenvalue weighted by Crippen LogP contribution is -2.17. The third kappa shape index (κ3) is 2.46. The number of nitrogens with two attached hydrogens (primary N) is 1. The van der Waals surface area contributed by atoms with Crippen molar-refractivity contribution < 1.29 is 4.74 Å². The Labute approximate surface area is 103 Å². The average Bonchev–Trinajstić information content (AvgIpc) is 2.69. The van der Waals surface area contributed by atoms with Gasteiger partial charge in [-0.1, -0.05) is 13.8 Å². The Bertz CT molecular complexity index is 367. The minimum absolute atomic E-state index is 0.396. The molecule has 0 spiro atoms. The van der Waals surface area contributed by atoms with Gasteiger partial charge in [-0.3, -0.25) is 0 Å². The molecule has 1 unspecified atom stereocenters. The zero-order valence-electron chi connectivity index (χ0n) is 10.9. The summed E-state index contributed by atoms with van der Waals surface area (Å²) in [5.41, 5.74) is 7.31. The molecule has 4 heteroatoms. The van der Waals surface area contributed by atoms with Gasteiger partial charge in [0.25, 0.3) is 0 Å². The number of aromatic nitrogens is 2. The topological polar surface area (TPSA) is 53.1 Å². The molecule has 1 saturated heterocycles. The van der Waals surface area contributed by atoms with Crippen LogP contribution in [0, 0.1) is 0 Å². The molecule has 2 heterocycles. The molecule has 0 amide bonds. The number of anilines is 1. The van der Waals surface area contributed by atoms with Crippen LogP contribution < -0.4 is 5.73 Å². The largest absolute Gasteiger partial charge is 0.384 e. The third-order valence-corrected chi connectivity index (χ3v) is 3.42. The molecule has 0 saturated carbocycles. The van der Waals surface area contributed by atoms with E-state index in [1.54, 1.807) is 0 Å². The highest BCUT2D eigenvalue weighted by atomic mass is 16.5. The van der Waals surface area contributed by atoms with E-state index in [-0.39, 0.29) is 0 Å². The second-order valence-electron chi connectivity index (χ2n) is 4.72. The van der Waals surface area contributed by atoms with Crippen molar-refractivity contribution in [3.8, 4) is 0 Å². The number of nitrogens with zero attached hydrogens (tertiary/aromatic N) is 2. The van der Waals surface area contributed by atoms with Gasteiger partial charge in [-0.05, 0) is 19.3 Å². The van der Waals surface area contributed by atoms with Crippen LogP contribution in [0.5, 0.6) is 0 Å². The number of rotatable bonds is 4. The van der Waals surface area contributed by atoms with Crippen molar-refractivity contribution in [1.82, 2.24) is 9.55 Å². The normalized spacial score (nSPS) is 20.7. The molecule has 1 aliphatic rings. The van der Waals surface area contributed by atoms with Crippen molar-refractivity contribution >= 4 is 5.82 Å². The number of nitrogen functional groups attached to an aromatic ring is 1. The summed E-state index contributed by atoms with van der Waals surface area (Å²) in [6, 6.07) is 0. The molecule has 4 nitrogen and oxygen atoms in total. The highest BCUT2D eigenvalue weighted by Gasteiger charge is 2.23. The van der Waals surface area contributed by atoms with Crippen LogP contribution in [-0.2, 0) is 17.7 Å². The Kier molecular flexibility index (Phi) is 4.05. The summed E-state index contributed by atoms with van der Waals surface area (Å²) in [6.45, 7) is 6.93. The lowest BCUT2D eigenvalue weighted by Gasteiger charge is -2.21. The smallest absolute Gasteiger partial charge is 0.127 e. The zero-order chi connectivity index (χ0) is 12.3. The molecule has 1 aliphatic heterocycles. The van der Waals surface area contributed by atoms with Crippen LogP contribution in [0.2, 0.25) is 0 Å². The van der Waals surface area contributed by atoms with E-state index < -0.39 is 0 Å². The Hall–Kier alpha value is -1.03. The number of ether oxygens (including phenoxy) is 1. The van der Waals surface area contributed by atoms with Crippen molar-refractivity contribution in [3.63, 3.8) is 0 Å². The van der Waals surface area contributed by atoms with E-state index in [2.05, 4.69) is 18.4 Å². The lowest BCUT2D eigenvalue weighted by molar-refractivity contribution is 0.0796. The molecule has 1 atom stereocenters. The van der Waals surface area contributed by atoms with E-state index in [0.717, 1.165) is 62.8 Å². The maximum atomic E-state index is 6.24. The third-order valence-electron chi connectivity index (χ3n) is 3.42. The lowest BCUT2D eigenvalue weighted by atomic mass is 9.98. The van der Waals surface area contributed by atoms with Gasteiger partial charge in [0.1, 0.15) is 11.6 Å². The van der Waals surface area contributed by atoms with Crippen molar-refractivity contribution in [2.75, 3.05) is 18.9 Å². The summed E-state index contributed by atoms with van der Waals surface area (Å²) in [5, 5.41) is 0. The van der Waals surface area contributed by atoms with Gasteiger partial charge in [-0.2, -0.15) is 0 Å². The molecule has 1 fully saturated rings. The second kappa shape index (κ2) is 5.54. The first-order valence-corrected chi connectivity index (χ1v) is 6.70. The van der Waals surface area contributed by atoms with Crippen LogP contribution in [0.15, 0.2) is 0 Å². The number of aryl methyl sites for hydroxylation is 1. The molecule has 2 N–H and O–H groups in total. The predicted octanol–water partition coefficient (Wildman–Crippen LogP) is 2.33. The van der Waals surface area contributed by atoms with E-state index >= 15 is 0 Å².